The zero-order valence-electron chi connectivity index (χ0n) is 78.4. The number of halogens is 9. The molecule has 0 aliphatic carbocycles. The maximum Gasteiger partial charge on any atom is 3.00 e. The van der Waals surface area contributed by atoms with Crippen LogP contribution in [0.4, 0.5) is 39.5 Å². The number of aromatic nitrogens is 6. The average molecular weight is 2810 g/mol. The van der Waals surface area contributed by atoms with Gasteiger partial charge in [0, 0.05) is 287 Å². The van der Waals surface area contributed by atoms with E-state index in [9.17, 15) is 53.9 Å². The third-order valence-electron chi connectivity index (χ3n) is 20.1. The molecule has 0 unspecified atom stereocenters. The predicted molar refractivity (Wildman–Crippen MR) is 544 cm³/mol. The monoisotopic (exact) mass is 2810 g/mol. The smallest absolute Gasteiger partial charge is 0.504 e. The Bertz CT molecular complexity index is 5840. The molecule has 9 aromatic heterocycles. The maximum atomic E-state index is 11.8. The fourth-order valence-corrected chi connectivity index (χ4v) is 16.3. The van der Waals surface area contributed by atoms with Gasteiger partial charge < -0.3 is 53.2 Å². The number of ether oxygens (including phenoxy) is 8. The first-order valence-corrected chi connectivity index (χ1v) is 49.5. The van der Waals surface area contributed by atoms with E-state index < -0.39 is 53.2 Å². The molecule has 22 nitrogen and oxygen atoms in total. The second-order valence-electron chi connectivity index (χ2n) is 30.2. The summed E-state index contributed by atoms with van der Waals surface area (Å²) in [4.78, 5) is 64.4. The molecule has 1 fully saturated rings. The second kappa shape index (κ2) is 72.2. The van der Waals surface area contributed by atoms with E-state index in [0.29, 0.717) is 79.3 Å². The quantitative estimate of drug-likeness (QED) is 0.0377. The van der Waals surface area contributed by atoms with E-state index in [1.807, 2.05) is 108 Å². The normalized spacial score (nSPS) is 14.1. The zero-order chi connectivity index (χ0) is 100. The van der Waals surface area contributed by atoms with Crippen molar-refractivity contribution in [2.45, 2.75) is 31.6 Å². The molecule has 2 aliphatic rings. The van der Waals surface area contributed by atoms with E-state index in [-0.39, 0.29) is 269 Å². The molecule has 4 radical (unpaired) electrons. The molecule has 774 valence electrons. The molecule has 18 rings (SSSR count). The summed E-state index contributed by atoms with van der Waals surface area (Å²) in [5.41, 5.74) is 8.48. The number of pyridine rings is 6. The van der Waals surface area contributed by atoms with Gasteiger partial charge in [-0.05, 0) is 106 Å². The molecule has 41 heteroatoms. The number of para-hydroxylation sites is 4. The number of hydrogen-bond donors (Lipinski definition) is 3. The Morgan fingerprint density at radius 1 is 0.299 bits per heavy atom. The van der Waals surface area contributed by atoms with Crippen molar-refractivity contribution >= 4 is 140 Å². The molecule has 3 N–H and O–H groups in total. The first kappa shape index (κ1) is 130. The Balaban J connectivity index is 0.000000261. The Hall–Kier alpha value is -5.62. The van der Waals surface area contributed by atoms with Crippen molar-refractivity contribution in [3.63, 3.8) is 0 Å². The molecule has 11 heterocycles. The van der Waals surface area contributed by atoms with Crippen molar-refractivity contribution in [2.24, 2.45) is 0 Å². The van der Waals surface area contributed by atoms with E-state index in [0.717, 1.165) is 185 Å². The van der Waals surface area contributed by atoms with Crippen LogP contribution in [0.3, 0.4) is 0 Å². The minimum Gasteiger partial charge on any atom is -0.504 e. The van der Waals surface area contributed by atoms with Crippen molar-refractivity contribution in [2.75, 3.05) is 128 Å². The summed E-state index contributed by atoms with van der Waals surface area (Å²) >= 11 is 6.65. The molecule has 0 atom stereocenters. The average Bonchev–Trinajstić information content (AvgIpc) is 1.50. The van der Waals surface area contributed by atoms with Gasteiger partial charge in [-0.1, -0.05) is 176 Å². The van der Waals surface area contributed by atoms with Gasteiger partial charge in [0.15, 0.2) is 40.3 Å². The number of aliphatic hydroxyl groups excluding tert-OH is 3. The second-order valence-corrected chi connectivity index (χ2v) is 35.5. The van der Waals surface area contributed by atoms with Crippen molar-refractivity contribution < 1.29 is 343 Å². The predicted octanol–water partition coefficient (Wildman–Crippen LogP) is 24.6. The third-order valence-corrected chi connectivity index (χ3v) is 24.6. The minimum absolute atomic E-state index is 0. The number of ketones is 3. The van der Waals surface area contributed by atoms with Crippen LogP contribution >= 0.6 is 57.5 Å². The van der Waals surface area contributed by atoms with Gasteiger partial charge in [0.1, 0.15) is 0 Å². The van der Waals surface area contributed by atoms with E-state index in [2.05, 4.69) is 173 Å². The van der Waals surface area contributed by atoms with Crippen LogP contribution in [0.2, 0.25) is 0 Å². The zero-order valence-corrected chi connectivity index (χ0v) is 94.4. The first-order chi connectivity index (χ1) is 68.9. The fourth-order valence-electron chi connectivity index (χ4n) is 13.2. The van der Waals surface area contributed by atoms with Crippen molar-refractivity contribution in [3.8, 4) is 23.0 Å². The van der Waals surface area contributed by atoms with Crippen LogP contribution in [0.15, 0.2) is 344 Å². The molecule has 2 aliphatic heterocycles. The number of nitrogens with zero attached hydrogens (tertiary/aromatic N) is 8. The number of fused-ring (bicyclic) bond motifs is 11. The van der Waals surface area contributed by atoms with E-state index >= 15 is 0 Å². The minimum atomic E-state index is -4.87. The van der Waals surface area contributed by atoms with Crippen LogP contribution in [0.1, 0.15) is 40.1 Å². The standard InChI is InChI=1S/C26H38N2O4.C20H24O4S2.3C12H8N2.3C8H5F3O2S.4Eu.Tb/c1-3-7-25(8-4-1)23-27-11-15-29-19-21-31-17-13-28(24-26-9-5-2-6-10-26)14-18-32-22-20-30-16-12-27;1-2-6-18-17(5-1)21-9-13-25-15-11-23-19-7-3-4-8-20(19)24-12-16-26-14-10-22-18;3*1-3-9-5-6-10-4-2-8-14-12(10)11(9)13-7-1;3*9-8(10,11)7(13)4-5(12)6-2-1-3-14-6;;;;;/h1-10H,11-24H2;1-8H,9-16H2;3*1-8H;3*1-4,13H;;;;;/q;;;;;;;;;;+2;+3;. The van der Waals surface area contributed by atoms with Crippen LogP contribution in [-0.4, -0.2) is 219 Å². The van der Waals surface area contributed by atoms with E-state index in [1.54, 1.807) is 53.3 Å². The molecular formula is C106H101Eu4F9N8O14S5Tb+5. The summed E-state index contributed by atoms with van der Waals surface area (Å²) in [5, 5.41) is 36.9. The number of carbonyl (C=O) groups is 3. The first-order valence-electron chi connectivity index (χ1n) is 44.5. The largest absolute Gasteiger partial charge is 3.00 e. The maximum absolute atomic E-state index is 11.8. The third kappa shape index (κ3) is 47.3. The van der Waals surface area contributed by atoms with Gasteiger partial charge >= 0.3 is 117 Å². The molecule has 0 bridgehead atoms. The molecule has 1 saturated heterocycles. The molecule has 147 heavy (non-hydrogen) atoms. The van der Waals surface area contributed by atoms with Crippen molar-refractivity contribution in [1.29, 1.82) is 0 Å². The number of alkyl halides is 9. The van der Waals surface area contributed by atoms with Crippen LogP contribution < -0.4 is 18.9 Å². The molecule has 0 spiro atoms. The molecular weight excluding hydrogens is 2710 g/mol. The molecule has 0 saturated carbocycles. The van der Waals surface area contributed by atoms with Crippen LogP contribution in [0.25, 0.3) is 65.4 Å². The van der Waals surface area contributed by atoms with Gasteiger partial charge in [-0.2, -0.15) is 63.0 Å². The summed E-state index contributed by atoms with van der Waals surface area (Å²) in [5.74, 6) is -1.31. The number of thioether (sulfide) groups is 2. The van der Waals surface area contributed by atoms with Crippen LogP contribution in [0, 0.1) is 236 Å². The number of aliphatic hydroxyl groups is 3. The number of rotatable bonds is 10. The number of carbonyl (C=O) groups excluding carboxylic acids is 3. The van der Waals surface area contributed by atoms with E-state index in [1.165, 1.54) is 47.5 Å². The van der Waals surface area contributed by atoms with E-state index in [4.69, 9.17) is 53.2 Å². The topological polar surface area (TPSA) is 270 Å². The van der Waals surface area contributed by atoms with Crippen LogP contribution in [-0.2, 0) is 32.0 Å². The molecule has 0 amide bonds. The summed E-state index contributed by atoms with van der Waals surface area (Å²) in [6.07, 6.45) is -3.27. The molecule has 7 aromatic carbocycles. The van der Waals surface area contributed by atoms with Gasteiger partial charge in [0.25, 0.3) is 0 Å². The Morgan fingerprint density at radius 2 is 0.517 bits per heavy atom. The van der Waals surface area contributed by atoms with Gasteiger partial charge in [0.05, 0.1) is 127 Å². The Kier molecular flexibility index (Phi) is 63.8. The Morgan fingerprint density at radius 3 is 0.721 bits per heavy atom. The summed E-state index contributed by atoms with van der Waals surface area (Å²) < 4.78 is 153. The SMILES string of the molecule is O=C(C=C(O)C(F)(F)F)c1cccs1.O=C(C=C(O)C(F)(F)F)c1cccs1.O=C(C=C(O)C(F)(F)F)c1cccs1.[Eu+2].[Eu+3].[Eu].[Eu].[Tb].c1ccc(CN2CCOCCOCCN(Cc3ccccc3)CCOCCOCC2)cc1.c1ccc2c(c1)OCCSCCOc1ccccc1OCCSCCO2.c1cnc2c(c1)ccc1cccnc12.c1cnc2c(c1)ccc1cccnc12.c1cnc2c(c1)ccc1cccnc12. The molecule has 16 aromatic rings. The van der Waals surface area contributed by atoms with Gasteiger partial charge in [-0.15, -0.1) is 34.0 Å². The van der Waals surface area contributed by atoms with Gasteiger partial charge in [-0.25, -0.2) is 0 Å². The Labute approximate surface area is 1060 Å². The number of benzene rings is 7. The summed E-state index contributed by atoms with van der Waals surface area (Å²) in [6, 6.07) is 82.0. The van der Waals surface area contributed by atoms with Gasteiger partial charge in [-0.3, -0.25) is 54.1 Å². The summed E-state index contributed by atoms with van der Waals surface area (Å²) in [7, 11) is 0. The van der Waals surface area contributed by atoms with Crippen LogP contribution in [0.5, 0.6) is 23.0 Å². The number of allylic oxidation sites excluding steroid dienone is 6. The summed E-state index contributed by atoms with van der Waals surface area (Å²) in [6.45, 7) is 13.2. The van der Waals surface area contributed by atoms with Crippen molar-refractivity contribution in [1.82, 2.24) is 39.7 Å². The van der Waals surface area contributed by atoms with Crippen molar-refractivity contribution in [3.05, 3.63) is 369 Å². The fraction of sp³-hybridized carbons (Fsp3) is 0.236. The number of thiophene rings is 3. The number of hydrogen-bond acceptors (Lipinski definition) is 27. The van der Waals surface area contributed by atoms with Gasteiger partial charge in [0.2, 0.25) is 17.3 Å².